The second-order valence-corrected chi connectivity index (χ2v) is 6.14. The number of nitrogens with one attached hydrogen (secondary N) is 1. The van der Waals surface area contributed by atoms with Crippen molar-refractivity contribution >= 4 is 21.8 Å². The van der Waals surface area contributed by atoms with Crippen LogP contribution in [0.3, 0.4) is 0 Å². The summed E-state index contributed by atoms with van der Waals surface area (Å²) in [6.07, 6.45) is 1.14. The molecule has 2 aliphatic heterocycles. The number of rotatable bonds is 1. The Morgan fingerprint density at radius 2 is 2.17 bits per heavy atom. The molecule has 3 nitrogen and oxygen atoms in total. The summed E-state index contributed by atoms with van der Waals surface area (Å²) in [5, 5.41) is 3.43. The number of nitrogens with zero attached hydrogens (tertiary/aromatic N) is 1. The zero-order valence-corrected chi connectivity index (χ0v) is 11.8. The number of fused-ring (bicyclic) bond motifs is 1. The van der Waals surface area contributed by atoms with Gasteiger partial charge in [-0.05, 0) is 49.5 Å². The molecule has 0 bridgehead atoms. The van der Waals surface area contributed by atoms with E-state index in [0.29, 0.717) is 5.92 Å². The van der Waals surface area contributed by atoms with Crippen molar-refractivity contribution in [2.45, 2.75) is 6.42 Å². The Hall–Kier alpha value is -0.870. The first-order chi connectivity index (χ1) is 8.74. The summed E-state index contributed by atoms with van der Waals surface area (Å²) >= 11 is 3.42. The number of carbonyl (C=O) groups is 1. The molecule has 2 unspecified atom stereocenters. The molecular formula is C14H17BrN2O. The van der Waals surface area contributed by atoms with E-state index in [1.54, 1.807) is 0 Å². The van der Waals surface area contributed by atoms with Crippen molar-refractivity contribution in [1.82, 2.24) is 10.2 Å². The van der Waals surface area contributed by atoms with Crippen LogP contribution in [0.15, 0.2) is 28.7 Å². The van der Waals surface area contributed by atoms with Crippen molar-refractivity contribution in [3.63, 3.8) is 0 Å². The number of carbonyl (C=O) groups excluding carboxylic acids is 1. The first kappa shape index (κ1) is 12.2. The van der Waals surface area contributed by atoms with E-state index in [1.165, 1.54) is 0 Å². The minimum absolute atomic E-state index is 0.168. The Kier molecular flexibility index (Phi) is 3.39. The maximum absolute atomic E-state index is 12.4. The van der Waals surface area contributed by atoms with Crippen LogP contribution < -0.4 is 5.32 Å². The van der Waals surface area contributed by atoms with E-state index in [9.17, 15) is 4.79 Å². The average Bonchev–Trinajstić information content (AvgIpc) is 2.85. The molecule has 18 heavy (non-hydrogen) atoms. The van der Waals surface area contributed by atoms with Gasteiger partial charge in [0, 0.05) is 23.1 Å². The summed E-state index contributed by atoms with van der Waals surface area (Å²) in [6, 6.07) is 7.67. The van der Waals surface area contributed by atoms with Crippen molar-refractivity contribution in [2.24, 2.45) is 11.8 Å². The number of hydrogen-bond acceptors (Lipinski definition) is 2. The molecule has 0 saturated carbocycles. The summed E-state index contributed by atoms with van der Waals surface area (Å²) in [5.41, 5.74) is 0.786. The second kappa shape index (κ2) is 5.02. The lowest BCUT2D eigenvalue weighted by molar-refractivity contribution is 0.0642. The summed E-state index contributed by atoms with van der Waals surface area (Å²) in [4.78, 5) is 14.4. The normalized spacial score (nSPS) is 27.1. The summed E-state index contributed by atoms with van der Waals surface area (Å²) in [6.45, 7) is 3.99. The highest BCUT2D eigenvalue weighted by Crippen LogP contribution is 2.27. The molecular weight excluding hydrogens is 292 g/mol. The fourth-order valence-electron chi connectivity index (χ4n) is 3.02. The van der Waals surface area contributed by atoms with Gasteiger partial charge in [0.05, 0.1) is 0 Å². The Morgan fingerprint density at radius 1 is 1.33 bits per heavy atom. The maximum Gasteiger partial charge on any atom is 0.253 e. The molecule has 2 aliphatic rings. The fraction of sp³-hybridized carbons (Fsp3) is 0.500. The van der Waals surface area contributed by atoms with Crippen LogP contribution in [0.1, 0.15) is 16.8 Å². The molecule has 96 valence electrons. The minimum atomic E-state index is 0.168. The molecule has 0 spiro atoms. The molecule has 1 aromatic rings. The fourth-order valence-corrected chi connectivity index (χ4v) is 3.42. The van der Waals surface area contributed by atoms with Crippen LogP contribution in [-0.2, 0) is 0 Å². The predicted octanol–water partition coefficient (Wildman–Crippen LogP) is 2.13. The van der Waals surface area contributed by atoms with Gasteiger partial charge in [-0.2, -0.15) is 0 Å². The van der Waals surface area contributed by atoms with Gasteiger partial charge < -0.3 is 10.2 Å². The number of piperidine rings is 1. The maximum atomic E-state index is 12.4. The second-order valence-electron chi connectivity index (χ2n) is 5.23. The average molecular weight is 309 g/mol. The van der Waals surface area contributed by atoms with Crippen molar-refractivity contribution in [3.8, 4) is 0 Å². The Bertz CT molecular complexity index is 463. The first-order valence-corrected chi connectivity index (χ1v) is 7.29. The van der Waals surface area contributed by atoms with E-state index < -0.39 is 0 Å². The van der Waals surface area contributed by atoms with Gasteiger partial charge in [-0.25, -0.2) is 0 Å². The molecule has 0 radical (unpaired) electrons. The SMILES string of the molecule is O=C(c1cccc(Br)c1)N1CCC2CNCC2C1. The lowest BCUT2D eigenvalue weighted by Crippen LogP contribution is -2.43. The highest BCUT2D eigenvalue weighted by atomic mass is 79.9. The van der Waals surface area contributed by atoms with Gasteiger partial charge in [-0.3, -0.25) is 4.79 Å². The topological polar surface area (TPSA) is 32.3 Å². The van der Waals surface area contributed by atoms with Gasteiger partial charge in [0.25, 0.3) is 5.91 Å². The highest BCUT2D eigenvalue weighted by Gasteiger charge is 2.34. The molecule has 3 rings (SSSR count). The van der Waals surface area contributed by atoms with Crippen LogP contribution >= 0.6 is 15.9 Å². The molecule has 0 aliphatic carbocycles. The molecule has 1 amide bonds. The molecule has 2 heterocycles. The minimum Gasteiger partial charge on any atom is -0.338 e. The monoisotopic (exact) mass is 308 g/mol. The predicted molar refractivity (Wildman–Crippen MR) is 74.5 cm³/mol. The zero-order chi connectivity index (χ0) is 12.5. The molecule has 0 aromatic heterocycles. The van der Waals surface area contributed by atoms with Crippen LogP contribution in [0.25, 0.3) is 0 Å². The number of hydrogen-bond donors (Lipinski definition) is 1. The van der Waals surface area contributed by atoms with Crippen LogP contribution in [0.4, 0.5) is 0 Å². The van der Waals surface area contributed by atoms with Gasteiger partial charge in [-0.15, -0.1) is 0 Å². The highest BCUT2D eigenvalue weighted by molar-refractivity contribution is 9.10. The molecule has 2 saturated heterocycles. The van der Waals surface area contributed by atoms with Gasteiger partial charge in [0.2, 0.25) is 0 Å². The van der Waals surface area contributed by atoms with Gasteiger partial charge in [0.15, 0.2) is 0 Å². The third-order valence-electron chi connectivity index (χ3n) is 4.06. The lowest BCUT2D eigenvalue weighted by atomic mass is 9.88. The number of halogens is 1. The number of likely N-dealkylation sites (tertiary alicyclic amines) is 1. The molecule has 1 aromatic carbocycles. The van der Waals surface area contributed by atoms with E-state index in [0.717, 1.165) is 48.6 Å². The standard InChI is InChI=1S/C14H17BrN2O/c15-13-3-1-2-10(6-13)14(18)17-5-4-11-7-16-8-12(11)9-17/h1-3,6,11-12,16H,4-5,7-9H2. The third-order valence-corrected chi connectivity index (χ3v) is 4.56. The van der Waals surface area contributed by atoms with Crippen molar-refractivity contribution < 1.29 is 4.79 Å². The van der Waals surface area contributed by atoms with Crippen LogP contribution in [-0.4, -0.2) is 37.0 Å². The summed E-state index contributed by atoms with van der Waals surface area (Å²) in [5.74, 6) is 1.59. The van der Waals surface area contributed by atoms with Gasteiger partial charge in [0.1, 0.15) is 0 Å². The lowest BCUT2D eigenvalue weighted by Gasteiger charge is -2.34. The Labute approximate surface area is 116 Å². The van der Waals surface area contributed by atoms with E-state index in [2.05, 4.69) is 21.2 Å². The molecule has 2 fully saturated rings. The Balaban J connectivity index is 1.73. The van der Waals surface area contributed by atoms with Gasteiger partial charge in [-0.1, -0.05) is 22.0 Å². The number of amides is 1. The van der Waals surface area contributed by atoms with Crippen LogP contribution in [0.5, 0.6) is 0 Å². The van der Waals surface area contributed by atoms with E-state index >= 15 is 0 Å². The molecule has 1 N–H and O–H groups in total. The van der Waals surface area contributed by atoms with Crippen molar-refractivity contribution in [3.05, 3.63) is 34.3 Å². The largest absolute Gasteiger partial charge is 0.338 e. The molecule has 2 atom stereocenters. The first-order valence-electron chi connectivity index (χ1n) is 6.49. The van der Waals surface area contributed by atoms with Gasteiger partial charge >= 0.3 is 0 Å². The van der Waals surface area contributed by atoms with Crippen LogP contribution in [0, 0.1) is 11.8 Å². The summed E-state index contributed by atoms with van der Waals surface area (Å²) < 4.78 is 0.964. The van der Waals surface area contributed by atoms with E-state index in [-0.39, 0.29) is 5.91 Å². The Morgan fingerprint density at radius 3 is 3.00 bits per heavy atom. The summed E-state index contributed by atoms with van der Waals surface area (Å²) in [7, 11) is 0. The van der Waals surface area contributed by atoms with E-state index in [1.807, 2.05) is 29.2 Å². The van der Waals surface area contributed by atoms with Crippen molar-refractivity contribution in [1.29, 1.82) is 0 Å². The third kappa shape index (κ3) is 2.31. The number of benzene rings is 1. The zero-order valence-electron chi connectivity index (χ0n) is 10.2. The van der Waals surface area contributed by atoms with E-state index in [4.69, 9.17) is 0 Å². The molecule has 4 heteroatoms. The smallest absolute Gasteiger partial charge is 0.253 e. The van der Waals surface area contributed by atoms with Crippen LogP contribution in [0.2, 0.25) is 0 Å². The van der Waals surface area contributed by atoms with Crippen molar-refractivity contribution in [2.75, 3.05) is 26.2 Å². The quantitative estimate of drug-likeness (QED) is 0.862.